The molecule has 0 amide bonds. The fourth-order valence-corrected chi connectivity index (χ4v) is 2.90. The second-order valence-electron chi connectivity index (χ2n) is 5.74. The molecule has 0 aliphatic carbocycles. The van der Waals surface area contributed by atoms with Crippen LogP contribution in [0.15, 0.2) is 57.5 Å². The molecule has 0 saturated carbocycles. The maximum atomic E-state index is 12.6. The summed E-state index contributed by atoms with van der Waals surface area (Å²) in [4.78, 5) is 4.79. The SMILES string of the molecule is FC(F)(F)c1nc(-c2ccc(Cn3nnc(-c4ccccc4Br)n3)cc2)no1. The molecule has 0 radical (unpaired) electrons. The van der Waals surface area contributed by atoms with Crippen molar-refractivity contribution >= 4 is 15.9 Å². The lowest BCUT2D eigenvalue weighted by molar-refractivity contribution is -0.159. The predicted molar refractivity (Wildman–Crippen MR) is 94.8 cm³/mol. The summed E-state index contributed by atoms with van der Waals surface area (Å²) in [5.41, 5.74) is 2.06. The number of rotatable bonds is 4. The van der Waals surface area contributed by atoms with Gasteiger partial charge in [-0.1, -0.05) is 57.5 Å². The average Bonchev–Trinajstić information content (AvgIpc) is 3.32. The number of aromatic nitrogens is 6. The Morgan fingerprint density at radius 2 is 1.75 bits per heavy atom. The molecule has 0 spiro atoms. The average molecular weight is 451 g/mol. The Kier molecular flexibility index (Phi) is 4.67. The van der Waals surface area contributed by atoms with Crippen LogP contribution in [0.3, 0.4) is 0 Å². The molecule has 142 valence electrons. The second-order valence-corrected chi connectivity index (χ2v) is 6.60. The van der Waals surface area contributed by atoms with Crippen molar-refractivity contribution in [3.05, 3.63) is 64.5 Å². The van der Waals surface area contributed by atoms with Crippen molar-refractivity contribution in [3.63, 3.8) is 0 Å². The molecule has 11 heteroatoms. The molecule has 2 aromatic heterocycles. The van der Waals surface area contributed by atoms with Gasteiger partial charge in [0.2, 0.25) is 11.6 Å². The van der Waals surface area contributed by atoms with Gasteiger partial charge in [-0.15, -0.1) is 10.2 Å². The number of halogens is 4. The van der Waals surface area contributed by atoms with E-state index in [1.165, 1.54) is 4.80 Å². The summed E-state index contributed by atoms with van der Waals surface area (Å²) >= 11 is 3.45. The maximum Gasteiger partial charge on any atom is 0.471 e. The summed E-state index contributed by atoms with van der Waals surface area (Å²) in [6, 6.07) is 14.2. The van der Waals surface area contributed by atoms with Gasteiger partial charge in [0.15, 0.2) is 0 Å². The van der Waals surface area contributed by atoms with Crippen molar-refractivity contribution in [1.29, 1.82) is 0 Å². The first kappa shape index (κ1) is 18.3. The Balaban J connectivity index is 1.50. The first-order chi connectivity index (χ1) is 13.4. The molecular formula is C17H10BrF3N6O. The Morgan fingerprint density at radius 1 is 1.00 bits per heavy atom. The van der Waals surface area contributed by atoms with Crippen LogP contribution >= 0.6 is 15.9 Å². The molecule has 2 heterocycles. The number of alkyl halides is 3. The van der Waals surface area contributed by atoms with E-state index in [9.17, 15) is 13.2 Å². The third-order valence-corrected chi connectivity index (χ3v) is 4.46. The maximum absolute atomic E-state index is 12.6. The van der Waals surface area contributed by atoms with E-state index in [2.05, 4.69) is 46.0 Å². The van der Waals surface area contributed by atoms with Gasteiger partial charge in [0, 0.05) is 15.6 Å². The summed E-state index contributed by atoms with van der Waals surface area (Å²) in [5, 5.41) is 15.8. The monoisotopic (exact) mass is 450 g/mol. The normalized spacial score (nSPS) is 11.7. The van der Waals surface area contributed by atoms with E-state index in [1.807, 2.05) is 24.3 Å². The fraction of sp³-hybridized carbons (Fsp3) is 0.118. The molecule has 28 heavy (non-hydrogen) atoms. The number of nitrogens with zero attached hydrogens (tertiary/aromatic N) is 6. The minimum absolute atomic E-state index is 0.131. The summed E-state index contributed by atoms with van der Waals surface area (Å²) < 4.78 is 42.8. The number of tetrazole rings is 1. The minimum Gasteiger partial charge on any atom is -0.329 e. The first-order valence-electron chi connectivity index (χ1n) is 7.93. The van der Waals surface area contributed by atoms with Gasteiger partial charge in [-0.05, 0) is 22.9 Å². The van der Waals surface area contributed by atoms with Crippen molar-refractivity contribution in [2.24, 2.45) is 0 Å². The zero-order valence-electron chi connectivity index (χ0n) is 13.9. The summed E-state index contributed by atoms with van der Waals surface area (Å²) in [6.45, 7) is 0.345. The van der Waals surface area contributed by atoms with Crippen LogP contribution in [0.2, 0.25) is 0 Å². The Bertz CT molecular complexity index is 1110. The molecule has 0 unspecified atom stereocenters. The molecule has 0 aliphatic rings. The van der Waals surface area contributed by atoms with Crippen LogP contribution in [0, 0.1) is 0 Å². The van der Waals surface area contributed by atoms with Crippen LogP contribution < -0.4 is 0 Å². The van der Waals surface area contributed by atoms with E-state index < -0.39 is 12.1 Å². The Hall–Kier alpha value is -3.08. The number of hydrogen-bond donors (Lipinski definition) is 0. The van der Waals surface area contributed by atoms with Crippen molar-refractivity contribution in [2.75, 3.05) is 0 Å². The van der Waals surface area contributed by atoms with Crippen molar-refractivity contribution < 1.29 is 17.7 Å². The molecule has 0 N–H and O–H groups in total. The van der Waals surface area contributed by atoms with Crippen LogP contribution in [0.25, 0.3) is 22.8 Å². The Labute approximate surface area is 164 Å². The third-order valence-electron chi connectivity index (χ3n) is 3.77. The second kappa shape index (κ2) is 7.15. The van der Waals surface area contributed by atoms with Crippen molar-refractivity contribution in [2.45, 2.75) is 12.7 Å². The molecule has 0 saturated heterocycles. The molecule has 7 nitrogen and oxygen atoms in total. The van der Waals surface area contributed by atoms with E-state index in [-0.39, 0.29) is 5.82 Å². The van der Waals surface area contributed by atoms with Crippen molar-refractivity contribution in [1.82, 2.24) is 30.3 Å². The standard InChI is InChI=1S/C17H10BrF3N6O/c18-13-4-2-1-3-12(13)15-23-26-27(24-15)9-10-5-7-11(8-6-10)14-22-16(28-25-14)17(19,20)21/h1-8H,9H2. The lowest BCUT2D eigenvalue weighted by Crippen LogP contribution is -2.05. The van der Waals surface area contributed by atoms with Gasteiger partial charge >= 0.3 is 12.1 Å². The lowest BCUT2D eigenvalue weighted by atomic mass is 10.1. The van der Waals surface area contributed by atoms with Gasteiger partial charge in [-0.3, -0.25) is 0 Å². The topological polar surface area (TPSA) is 82.5 Å². The minimum atomic E-state index is -4.67. The van der Waals surface area contributed by atoms with Crippen LogP contribution in [0.4, 0.5) is 13.2 Å². The van der Waals surface area contributed by atoms with Crippen LogP contribution in [0.1, 0.15) is 11.5 Å². The van der Waals surface area contributed by atoms with Crippen LogP contribution in [-0.2, 0) is 12.7 Å². The van der Waals surface area contributed by atoms with Gasteiger partial charge in [0.25, 0.3) is 0 Å². The van der Waals surface area contributed by atoms with Gasteiger partial charge in [-0.2, -0.15) is 23.0 Å². The first-order valence-corrected chi connectivity index (χ1v) is 8.72. The van der Waals surface area contributed by atoms with Gasteiger partial charge in [0.05, 0.1) is 6.54 Å². The highest BCUT2D eigenvalue weighted by Gasteiger charge is 2.38. The highest BCUT2D eigenvalue weighted by atomic mass is 79.9. The molecule has 0 fully saturated rings. The predicted octanol–water partition coefficient (Wildman–Crippen LogP) is 4.22. The molecule has 2 aromatic carbocycles. The molecule has 4 aromatic rings. The number of hydrogen-bond acceptors (Lipinski definition) is 6. The van der Waals surface area contributed by atoms with E-state index in [0.717, 1.165) is 15.6 Å². The van der Waals surface area contributed by atoms with Gasteiger partial charge in [-0.25, -0.2) is 0 Å². The van der Waals surface area contributed by atoms with Crippen molar-refractivity contribution in [3.8, 4) is 22.8 Å². The zero-order chi connectivity index (χ0) is 19.7. The van der Waals surface area contributed by atoms with Crippen LogP contribution in [0.5, 0.6) is 0 Å². The molecular weight excluding hydrogens is 441 g/mol. The van der Waals surface area contributed by atoms with E-state index in [1.54, 1.807) is 24.3 Å². The third kappa shape index (κ3) is 3.79. The lowest BCUT2D eigenvalue weighted by Gasteiger charge is -2.01. The van der Waals surface area contributed by atoms with Gasteiger partial charge in [0.1, 0.15) is 0 Å². The highest BCUT2D eigenvalue weighted by Crippen LogP contribution is 2.29. The molecule has 0 aliphatic heterocycles. The molecule has 0 bridgehead atoms. The van der Waals surface area contributed by atoms with E-state index in [4.69, 9.17) is 0 Å². The van der Waals surface area contributed by atoms with E-state index in [0.29, 0.717) is 17.9 Å². The largest absolute Gasteiger partial charge is 0.471 e. The smallest absolute Gasteiger partial charge is 0.329 e. The summed E-state index contributed by atoms with van der Waals surface area (Å²) in [7, 11) is 0. The van der Waals surface area contributed by atoms with Crippen LogP contribution in [-0.4, -0.2) is 30.3 Å². The zero-order valence-corrected chi connectivity index (χ0v) is 15.5. The van der Waals surface area contributed by atoms with Gasteiger partial charge < -0.3 is 4.52 Å². The molecule has 0 atom stereocenters. The number of benzene rings is 2. The molecule has 4 rings (SSSR count). The van der Waals surface area contributed by atoms with E-state index >= 15 is 0 Å². The highest BCUT2D eigenvalue weighted by molar-refractivity contribution is 9.10. The summed E-state index contributed by atoms with van der Waals surface area (Å²) in [5.74, 6) is -1.03. The quantitative estimate of drug-likeness (QED) is 0.462. The fourth-order valence-electron chi connectivity index (χ4n) is 2.44. The Morgan fingerprint density at radius 3 is 2.43 bits per heavy atom. The summed E-state index contributed by atoms with van der Waals surface area (Å²) in [6.07, 6.45) is -4.67.